The summed E-state index contributed by atoms with van der Waals surface area (Å²) >= 11 is 11.9. The number of nitrogens with zero attached hydrogens (tertiary/aromatic N) is 1. The van der Waals surface area contributed by atoms with Crippen LogP contribution in [0.5, 0.6) is 11.5 Å². The minimum absolute atomic E-state index is 0.266. The number of nitrogens with one attached hydrogen (secondary N) is 1. The zero-order valence-electron chi connectivity index (χ0n) is 15.0. The number of halogens is 3. The first-order valence-electron chi connectivity index (χ1n) is 8.35. The highest BCUT2D eigenvalue weighted by Gasteiger charge is 2.10. The Balaban J connectivity index is 1.76. The van der Waals surface area contributed by atoms with E-state index in [0.717, 1.165) is 5.56 Å². The van der Waals surface area contributed by atoms with Gasteiger partial charge in [-0.25, -0.2) is 4.39 Å². The highest BCUT2D eigenvalue weighted by molar-refractivity contribution is 6.42. The fraction of sp³-hybridized carbons (Fsp3) is 0.0952. The summed E-state index contributed by atoms with van der Waals surface area (Å²) in [4.78, 5) is 0. The highest BCUT2D eigenvalue weighted by Crippen LogP contribution is 2.31. The number of methoxy groups -OCH3 is 1. The van der Waals surface area contributed by atoms with Crippen LogP contribution >= 0.6 is 23.2 Å². The molecule has 0 aliphatic rings. The van der Waals surface area contributed by atoms with Gasteiger partial charge in [0.25, 0.3) is 0 Å². The standard InChI is InChI=1S/C21H17Cl2FN2O2/c1-27-20-4-2-3-15(12-25-26-17-9-10-18(22)19(23)11-17)21(20)28-13-14-5-7-16(24)8-6-14/h2-12,26H,13H2,1H3. The fourth-order valence-corrected chi connectivity index (χ4v) is 2.73. The van der Waals surface area contributed by atoms with Crippen LogP contribution in [0.3, 0.4) is 0 Å². The van der Waals surface area contributed by atoms with Gasteiger partial charge in [0.1, 0.15) is 12.4 Å². The Kier molecular flexibility index (Phi) is 6.74. The largest absolute Gasteiger partial charge is 0.493 e. The molecule has 0 spiro atoms. The second-order valence-corrected chi connectivity index (χ2v) is 6.61. The molecule has 0 aromatic heterocycles. The first-order chi connectivity index (χ1) is 13.6. The lowest BCUT2D eigenvalue weighted by molar-refractivity contribution is 0.284. The van der Waals surface area contributed by atoms with E-state index in [1.807, 2.05) is 12.1 Å². The molecule has 0 amide bonds. The lowest BCUT2D eigenvalue weighted by Crippen LogP contribution is -2.01. The summed E-state index contributed by atoms with van der Waals surface area (Å²) in [6.07, 6.45) is 1.62. The van der Waals surface area contributed by atoms with E-state index in [9.17, 15) is 4.39 Å². The molecule has 0 radical (unpaired) electrons. The van der Waals surface area contributed by atoms with Gasteiger partial charge in [0.2, 0.25) is 0 Å². The van der Waals surface area contributed by atoms with Crippen molar-refractivity contribution < 1.29 is 13.9 Å². The number of hydrogen-bond donors (Lipinski definition) is 1. The van der Waals surface area contributed by atoms with Crippen molar-refractivity contribution in [3.05, 3.63) is 87.7 Å². The third kappa shape index (κ3) is 5.15. The number of hydrazone groups is 1. The van der Waals surface area contributed by atoms with Crippen molar-refractivity contribution in [1.82, 2.24) is 0 Å². The number of benzene rings is 3. The summed E-state index contributed by atoms with van der Waals surface area (Å²) in [6, 6.07) is 16.7. The van der Waals surface area contributed by atoms with Crippen molar-refractivity contribution in [1.29, 1.82) is 0 Å². The maximum Gasteiger partial charge on any atom is 0.170 e. The smallest absolute Gasteiger partial charge is 0.170 e. The van der Waals surface area contributed by atoms with Crippen molar-refractivity contribution in [2.45, 2.75) is 6.61 Å². The molecule has 3 aromatic rings. The molecule has 3 aromatic carbocycles. The number of ether oxygens (including phenoxy) is 2. The molecule has 0 heterocycles. The van der Waals surface area contributed by atoms with E-state index in [-0.39, 0.29) is 12.4 Å². The molecule has 0 atom stereocenters. The number of hydrogen-bond acceptors (Lipinski definition) is 4. The Labute approximate surface area is 172 Å². The Morgan fingerprint density at radius 2 is 1.82 bits per heavy atom. The summed E-state index contributed by atoms with van der Waals surface area (Å²) in [7, 11) is 1.56. The molecule has 144 valence electrons. The van der Waals surface area contributed by atoms with Gasteiger partial charge in [0, 0.05) is 5.56 Å². The van der Waals surface area contributed by atoms with Crippen LogP contribution < -0.4 is 14.9 Å². The molecule has 7 heteroatoms. The molecular weight excluding hydrogens is 402 g/mol. The first kappa shape index (κ1) is 20.0. The molecule has 0 unspecified atom stereocenters. The second-order valence-electron chi connectivity index (χ2n) is 5.79. The monoisotopic (exact) mass is 418 g/mol. The van der Waals surface area contributed by atoms with E-state index in [4.69, 9.17) is 32.7 Å². The average molecular weight is 419 g/mol. The van der Waals surface area contributed by atoms with Crippen molar-refractivity contribution in [3.63, 3.8) is 0 Å². The Bertz CT molecular complexity index is 979. The first-order valence-corrected chi connectivity index (χ1v) is 9.11. The number of rotatable bonds is 7. The van der Waals surface area contributed by atoms with Crippen molar-refractivity contribution >= 4 is 35.1 Å². The fourth-order valence-electron chi connectivity index (χ4n) is 2.43. The maximum atomic E-state index is 13.1. The zero-order chi connectivity index (χ0) is 19.9. The van der Waals surface area contributed by atoms with Gasteiger partial charge in [-0.2, -0.15) is 5.10 Å². The molecule has 0 fully saturated rings. The molecule has 0 aliphatic heterocycles. The molecule has 1 N–H and O–H groups in total. The Hall–Kier alpha value is -2.76. The van der Waals surface area contributed by atoms with E-state index >= 15 is 0 Å². The van der Waals surface area contributed by atoms with Gasteiger partial charge in [0.05, 0.1) is 29.1 Å². The topological polar surface area (TPSA) is 42.8 Å². The molecule has 3 rings (SSSR count). The average Bonchev–Trinajstić information content (AvgIpc) is 2.70. The summed E-state index contributed by atoms with van der Waals surface area (Å²) in [6.45, 7) is 0.266. The molecule has 0 aliphatic carbocycles. The highest BCUT2D eigenvalue weighted by atomic mass is 35.5. The molecule has 0 bridgehead atoms. The third-order valence-electron chi connectivity index (χ3n) is 3.84. The van der Waals surface area contributed by atoms with E-state index < -0.39 is 0 Å². The van der Waals surface area contributed by atoms with Gasteiger partial charge in [-0.15, -0.1) is 0 Å². The van der Waals surface area contributed by atoms with Crippen molar-refractivity contribution in [2.75, 3.05) is 12.5 Å². The summed E-state index contributed by atoms with van der Waals surface area (Å²) in [5.41, 5.74) is 5.14. The van der Waals surface area contributed by atoms with Gasteiger partial charge in [-0.05, 0) is 48.0 Å². The summed E-state index contributed by atoms with van der Waals surface area (Å²) < 4.78 is 24.4. The van der Waals surface area contributed by atoms with Gasteiger partial charge < -0.3 is 9.47 Å². The van der Waals surface area contributed by atoms with Crippen LogP contribution in [-0.4, -0.2) is 13.3 Å². The second kappa shape index (κ2) is 9.44. The van der Waals surface area contributed by atoms with Gasteiger partial charge >= 0.3 is 0 Å². The predicted molar refractivity (Wildman–Crippen MR) is 111 cm³/mol. The Morgan fingerprint density at radius 3 is 2.54 bits per heavy atom. The predicted octanol–water partition coefficient (Wildman–Crippen LogP) is 6.17. The SMILES string of the molecule is COc1cccc(C=NNc2ccc(Cl)c(Cl)c2)c1OCc1ccc(F)cc1. The number of anilines is 1. The normalized spacial score (nSPS) is 10.9. The van der Waals surface area contributed by atoms with E-state index in [1.54, 1.807) is 49.7 Å². The van der Waals surface area contributed by atoms with E-state index in [1.165, 1.54) is 12.1 Å². The minimum Gasteiger partial charge on any atom is -0.493 e. The van der Waals surface area contributed by atoms with Crippen molar-refractivity contribution in [2.24, 2.45) is 5.10 Å². The van der Waals surface area contributed by atoms with Crippen LogP contribution in [0.2, 0.25) is 10.0 Å². The van der Waals surface area contributed by atoms with Crippen LogP contribution in [0.1, 0.15) is 11.1 Å². The molecule has 28 heavy (non-hydrogen) atoms. The molecule has 0 saturated heterocycles. The van der Waals surface area contributed by atoms with Crippen LogP contribution in [0.25, 0.3) is 0 Å². The quantitative estimate of drug-likeness (QED) is 0.368. The maximum absolute atomic E-state index is 13.1. The van der Waals surface area contributed by atoms with Crippen LogP contribution in [0, 0.1) is 5.82 Å². The van der Waals surface area contributed by atoms with Crippen LogP contribution in [0.15, 0.2) is 65.8 Å². The third-order valence-corrected chi connectivity index (χ3v) is 4.58. The summed E-state index contributed by atoms with van der Waals surface area (Å²) in [5, 5.41) is 5.13. The lowest BCUT2D eigenvalue weighted by atomic mass is 10.2. The lowest BCUT2D eigenvalue weighted by Gasteiger charge is -2.13. The zero-order valence-corrected chi connectivity index (χ0v) is 16.5. The molecular formula is C21H17Cl2FN2O2. The van der Waals surface area contributed by atoms with Gasteiger partial charge in [0.15, 0.2) is 11.5 Å². The van der Waals surface area contributed by atoms with Crippen molar-refractivity contribution in [3.8, 4) is 11.5 Å². The van der Waals surface area contributed by atoms with E-state index in [0.29, 0.717) is 32.8 Å². The molecule has 0 saturated carbocycles. The minimum atomic E-state index is -0.290. The number of para-hydroxylation sites is 1. The van der Waals surface area contributed by atoms with E-state index in [2.05, 4.69) is 10.5 Å². The van der Waals surface area contributed by atoms with Gasteiger partial charge in [-0.1, -0.05) is 41.4 Å². The van der Waals surface area contributed by atoms with Crippen LogP contribution in [-0.2, 0) is 6.61 Å². The summed E-state index contributed by atoms with van der Waals surface area (Å²) in [5.74, 6) is 0.817. The molecule has 4 nitrogen and oxygen atoms in total. The Morgan fingerprint density at radius 1 is 1.04 bits per heavy atom. The van der Waals surface area contributed by atoms with Crippen LogP contribution in [0.4, 0.5) is 10.1 Å². The van der Waals surface area contributed by atoms with Gasteiger partial charge in [-0.3, -0.25) is 5.43 Å².